The molecule has 9 heteroatoms. The number of fused-ring (bicyclic) bond motifs is 1. The number of carboxylic acid groups (broad SMARTS) is 1. The van der Waals surface area contributed by atoms with E-state index in [2.05, 4.69) is 20.3 Å². The zero-order valence-electron chi connectivity index (χ0n) is 16.4. The van der Waals surface area contributed by atoms with Gasteiger partial charge in [-0.2, -0.15) is 0 Å². The number of aliphatic hydroxyl groups is 1. The van der Waals surface area contributed by atoms with Gasteiger partial charge in [0.15, 0.2) is 0 Å². The van der Waals surface area contributed by atoms with Crippen LogP contribution in [0.5, 0.6) is 0 Å². The maximum Gasteiger partial charge on any atom is 0.335 e. The van der Waals surface area contributed by atoms with Crippen molar-refractivity contribution in [2.75, 3.05) is 11.9 Å². The van der Waals surface area contributed by atoms with Gasteiger partial charge in [-0.3, -0.25) is 4.79 Å². The summed E-state index contributed by atoms with van der Waals surface area (Å²) in [6.07, 6.45) is 0.456. The van der Waals surface area contributed by atoms with E-state index in [0.29, 0.717) is 27.8 Å². The lowest BCUT2D eigenvalue weighted by atomic mass is 10.1. The number of aliphatic hydroxyl groups excluding tert-OH is 1. The number of hydrogen-bond acceptors (Lipinski definition) is 5. The Morgan fingerprint density at radius 2 is 2.06 bits per heavy atom. The first-order chi connectivity index (χ1) is 14.8. The number of pyridine rings is 1. The summed E-state index contributed by atoms with van der Waals surface area (Å²) in [6.45, 7) is 1.77. The molecule has 5 N–H and O–H groups in total. The summed E-state index contributed by atoms with van der Waals surface area (Å²) in [7, 11) is 0. The highest BCUT2D eigenvalue weighted by Gasteiger charge is 2.18. The standard InChI is InChI=1S/C22H19FN4O4/c1-11-7-13(22(30)31)9-16-19(11)27-20(26-16)18-15(5-6-24-21(18)29)25-10-17(28)12-3-2-4-14(23)8-12/h2-9,17,28H,10H2,1H3,(H,26,27)(H,30,31)(H2,24,25,29). The fourth-order valence-corrected chi connectivity index (χ4v) is 3.43. The first-order valence-corrected chi connectivity index (χ1v) is 9.46. The minimum atomic E-state index is -1.06. The predicted molar refractivity (Wildman–Crippen MR) is 114 cm³/mol. The largest absolute Gasteiger partial charge is 0.478 e. The number of anilines is 1. The Bertz CT molecular complexity index is 1350. The SMILES string of the molecule is Cc1cc(C(=O)O)cc2[nH]c(-c3c(NCC(O)c4cccc(F)c4)cc[nH]c3=O)nc12. The number of imidazole rings is 1. The zero-order chi connectivity index (χ0) is 22.1. The Hall–Kier alpha value is -3.98. The lowest BCUT2D eigenvalue weighted by Gasteiger charge is -2.15. The molecule has 0 aliphatic rings. The first-order valence-electron chi connectivity index (χ1n) is 9.46. The van der Waals surface area contributed by atoms with Crippen LogP contribution < -0.4 is 10.9 Å². The molecule has 31 heavy (non-hydrogen) atoms. The molecule has 0 amide bonds. The fraction of sp³-hybridized carbons (Fsp3) is 0.136. The van der Waals surface area contributed by atoms with E-state index in [1.165, 1.54) is 36.5 Å². The number of carboxylic acids is 1. The van der Waals surface area contributed by atoms with Crippen LogP contribution in [0.3, 0.4) is 0 Å². The van der Waals surface area contributed by atoms with Crippen LogP contribution in [0.1, 0.15) is 27.6 Å². The zero-order valence-corrected chi connectivity index (χ0v) is 16.4. The van der Waals surface area contributed by atoms with Crippen LogP contribution in [0, 0.1) is 12.7 Å². The number of aryl methyl sites for hydroxylation is 1. The monoisotopic (exact) mass is 422 g/mol. The van der Waals surface area contributed by atoms with Crippen LogP contribution >= 0.6 is 0 Å². The Labute approximate surface area is 175 Å². The highest BCUT2D eigenvalue weighted by molar-refractivity contribution is 5.94. The van der Waals surface area contributed by atoms with Gasteiger partial charge in [-0.05, 0) is 48.4 Å². The highest BCUT2D eigenvalue weighted by Crippen LogP contribution is 2.27. The second-order valence-corrected chi connectivity index (χ2v) is 7.13. The van der Waals surface area contributed by atoms with Crippen molar-refractivity contribution in [2.24, 2.45) is 0 Å². The van der Waals surface area contributed by atoms with Gasteiger partial charge < -0.3 is 25.5 Å². The maximum absolute atomic E-state index is 13.4. The number of H-pyrrole nitrogens is 2. The van der Waals surface area contributed by atoms with Crippen molar-refractivity contribution in [2.45, 2.75) is 13.0 Å². The van der Waals surface area contributed by atoms with Crippen molar-refractivity contribution in [1.82, 2.24) is 15.0 Å². The van der Waals surface area contributed by atoms with Gasteiger partial charge in [0, 0.05) is 12.7 Å². The molecule has 4 rings (SSSR count). The van der Waals surface area contributed by atoms with Gasteiger partial charge in [0.1, 0.15) is 17.2 Å². The highest BCUT2D eigenvalue weighted by atomic mass is 19.1. The van der Waals surface area contributed by atoms with E-state index >= 15 is 0 Å². The second kappa shape index (κ2) is 8.04. The van der Waals surface area contributed by atoms with E-state index in [4.69, 9.17) is 0 Å². The summed E-state index contributed by atoms with van der Waals surface area (Å²) in [5.41, 5.74) is 2.41. The smallest absolute Gasteiger partial charge is 0.335 e. The molecule has 4 aromatic rings. The molecule has 0 saturated heterocycles. The Morgan fingerprint density at radius 1 is 1.26 bits per heavy atom. The van der Waals surface area contributed by atoms with Gasteiger partial charge in [-0.15, -0.1) is 0 Å². The van der Waals surface area contributed by atoms with E-state index in [-0.39, 0.29) is 23.5 Å². The number of carbonyl (C=O) groups is 1. The van der Waals surface area contributed by atoms with Gasteiger partial charge in [0.2, 0.25) is 0 Å². The summed E-state index contributed by atoms with van der Waals surface area (Å²) >= 11 is 0. The molecule has 0 spiro atoms. The number of hydrogen-bond donors (Lipinski definition) is 5. The third-order valence-corrected chi connectivity index (χ3v) is 4.94. The maximum atomic E-state index is 13.4. The number of rotatable bonds is 6. The molecule has 8 nitrogen and oxygen atoms in total. The lowest BCUT2D eigenvalue weighted by molar-refractivity contribution is 0.0697. The van der Waals surface area contributed by atoms with Crippen LogP contribution in [-0.4, -0.2) is 37.7 Å². The lowest BCUT2D eigenvalue weighted by Crippen LogP contribution is -2.17. The van der Waals surface area contributed by atoms with Crippen molar-refractivity contribution in [3.05, 3.63) is 81.5 Å². The number of benzene rings is 2. The van der Waals surface area contributed by atoms with Crippen molar-refractivity contribution < 1.29 is 19.4 Å². The molecule has 0 bridgehead atoms. The van der Waals surface area contributed by atoms with Crippen LogP contribution in [0.2, 0.25) is 0 Å². The minimum Gasteiger partial charge on any atom is -0.478 e. The molecular weight excluding hydrogens is 403 g/mol. The molecule has 0 aliphatic heterocycles. The Balaban J connectivity index is 1.69. The number of aromatic carboxylic acids is 1. The van der Waals surface area contributed by atoms with Crippen LogP contribution in [-0.2, 0) is 0 Å². The van der Waals surface area contributed by atoms with Gasteiger partial charge in [0.25, 0.3) is 5.56 Å². The van der Waals surface area contributed by atoms with Gasteiger partial charge >= 0.3 is 5.97 Å². The van der Waals surface area contributed by atoms with Crippen LogP contribution in [0.15, 0.2) is 53.5 Å². The van der Waals surface area contributed by atoms with Gasteiger partial charge in [-0.25, -0.2) is 14.2 Å². The van der Waals surface area contributed by atoms with E-state index in [9.17, 15) is 24.2 Å². The molecule has 0 radical (unpaired) electrons. The predicted octanol–water partition coefficient (Wildman–Crippen LogP) is 3.21. The quantitative estimate of drug-likeness (QED) is 0.324. The summed E-state index contributed by atoms with van der Waals surface area (Å²) in [4.78, 5) is 34.0. The number of nitrogens with zero attached hydrogens (tertiary/aromatic N) is 1. The van der Waals surface area contributed by atoms with E-state index in [1.807, 2.05) is 0 Å². The molecule has 2 heterocycles. The Morgan fingerprint density at radius 3 is 2.81 bits per heavy atom. The van der Waals surface area contributed by atoms with E-state index in [0.717, 1.165) is 0 Å². The molecule has 2 aromatic carbocycles. The minimum absolute atomic E-state index is 0.0301. The van der Waals surface area contributed by atoms with Crippen molar-refractivity contribution in [3.8, 4) is 11.4 Å². The summed E-state index contributed by atoms with van der Waals surface area (Å²) in [5, 5.41) is 22.7. The van der Waals surface area contributed by atoms with Crippen LogP contribution in [0.4, 0.5) is 10.1 Å². The normalized spacial score (nSPS) is 12.1. The number of aromatic amines is 2. The summed E-state index contributed by atoms with van der Waals surface area (Å²) < 4.78 is 13.4. The topological polar surface area (TPSA) is 131 Å². The number of halogens is 1. The second-order valence-electron chi connectivity index (χ2n) is 7.13. The van der Waals surface area contributed by atoms with Gasteiger partial charge in [0.05, 0.1) is 28.4 Å². The third-order valence-electron chi connectivity index (χ3n) is 4.94. The molecule has 2 aromatic heterocycles. The molecular formula is C22H19FN4O4. The van der Waals surface area contributed by atoms with E-state index in [1.54, 1.807) is 19.1 Å². The number of aromatic nitrogens is 3. The molecule has 1 atom stereocenters. The Kier molecular flexibility index (Phi) is 5.26. The number of nitrogens with one attached hydrogen (secondary N) is 3. The first kappa shape index (κ1) is 20.3. The molecule has 0 saturated carbocycles. The summed E-state index contributed by atoms with van der Waals surface area (Å²) in [5.74, 6) is -1.26. The van der Waals surface area contributed by atoms with Crippen molar-refractivity contribution >= 4 is 22.7 Å². The average molecular weight is 422 g/mol. The molecule has 158 valence electrons. The summed E-state index contributed by atoms with van der Waals surface area (Å²) in [6, 6.07) is 10.2. The third kappa shape index (κ3) is 4.03. The van der Waals surface area contributed by atoms with E-state index < -0.39 is 23.4 Å². The van der Waals surface area contributed by atoms with Crippen molar-refractivity contribution in [1.29, 1.82) is 0 Å². The molecule has 1 unspecified atom stereocenters. The molecule has 0 fully saturated rings. The van der Waals surface area contributed by atoms with Crippen molar-refractivity contribution in [3.63, 3.8) is 0 Å². The van der Waals surface area contributed by atoms with Gasteiger partial charge in [-0.1, -0.05) is 12.1 Å². The average Bonchev–Trinajstić information content (AvgIpc) is 3.16. The fourth-order valence-electron chi connectivity index (χ4n) is 3.43. The molecule has 0 aliphatic carbocycles. The van der Waals surface area contributed by atoms with Crippen LogP contribution in [0.25, 0.3) is 22.4 Å².